The molecule has 0 fully saturated rings. The Morgan fingerprint density at radius 3 is 1.38 bits per heavy atom. The highest BCUT2D eigenvalue weighted by molar-refractivity contribution is 5.96. The minimum absolute atomic E-state index is 0.0476. The molecule has 0 atom stereocenters. The van der Waals surface area contributed by atoms with E-state index in [1.54, 1.807) is 0 Å². The molecule has 0 spiro atoms. The van der Waals surface area contributed by atoms with Crippen LogP contribution in [-0.4, -0.2) is 103 Å². The van der Waals surface area contributed by atoms with Gasteiger partial charge in [-0.05, 0) is 64.1 Å². The van der Waals surface area contributed by atoms with Crippen molar-refractivity contribution in [3.05, 3.63) is 98.4 Å². The van der Waals surface area contributed by atoms with Crippen LogP contribution < -0.4 is 11.5 Å². The average Bonchev–Trinajstić information content (AvgIpc) is 3.95. The number of aryl methyl sites for hydroxylation is 4. The summed E-state index contributed by atoms with van der Waals surface area (Å²) in [4.78, 5) is 62.8. The largest absolute Gasteiger partial charge is 0.479 e. The summed E-state index contributed by atoms with van der Waals surface area (Å²) in [5, 5.41) is 92.9. The molecule has 0 bridgehead atoms. The van der Waals surface area contributed by atoms with Gasteiger partial charge < -0.3 is 37.0 Å². The summed E-state index contributed by atoms with van der Waals surface area (Å²) in [7, 11) is 0. The fourth-order valence-corrected chi connectivity index (χ4v) is 6.14. The van der Waals surface area contributed by atoms with Gasteiger partial charge in [0.15, 0.2) is 34.6 Å². The maximum Gasteiger partial charge on any atom is 0.335 e. The molecule has 7 rings (SSSR count). The number of rotatable bonds is 12. The van der Waals surface area contributed by atoms with Crippen LogP contribution in [0.2, 0.25) is 0 Å². The fourth-order valence-electron chi connectivity index (χ4n) is 6.14. The standard InChI is InChI=1S/C37H27N19O9/c1-13-23(12-38)29(53(49-13)21-8-17(31(57)58)6-18(9-21)32(59)60)47-45-24-14(2)51-55(27(24)39)35-42-36(44-37(65)43-35)56-28(40)25(15(3)52-56)46-48-30-26(41-5)16(4)50-54(30)22-10-19(33(61)62)7-20(11-22)34(63)64/h6-11H,39-40H2,1-4H3,(H,57,58)(H,59,60)(H,61,62)(H,63,64)(H,42,43,44,65). The van der Waals surface area contributed by atoms with Crippen molar-refractivity contribution in [2.45, 2.75) is 27.7 Å². The number of aromatic hydroxyl groups is 1. The van der Waals surface area contributed by atoms with Crippen LogP contribution in [0.5, 0.6) is 6.01 Å². The molecule has 28 nitrogen and oxygen atoms in total. The van der Waals surface area contributed by atoms with Gasteiger partial charge in [0, 0.05) is 0 Å². The number of hydrogen-bond acceptors (Lipinski definition) is 19. The maximum absolute atomic E-state index is 11.8. The second-order valence-electron chi connectivity index (χ2n) is 13.4. The van der Waals surface area contributed by atoms with E-state index in [0.717, 1.165) is 55.1 Å². The van der Waals surface area contributed by atoms with Crippen molar-refractivity contribution >= 4 is 64.2 Å². The Balaban J connectivity index is 1.25. The average molecular weight is 882 g/mol. The zero-order valence-corrected chi connectivity index (χ0v) is 33.6. The van der Waals surface area contributed by atoms with E-state index in [9.17, 15) is 50.0 Å². The predicted octanol–water partition coefficient (Wildman–Crippen LogP) is 4.76. The third-order valence-corrected chi connectivity index (χ3v) is 9.17. The van der Waals surface area contributed by atoms with Crippen LogP contribution >= 0.6 is 0 Å². The number of azo groups is 2. The molecule has 0 unspecified atom stereocenters. The Labute approximate surface area is 361 Å². The molecule has 5 heterocycles. The van der Waals surface area contributed by atoms with Crippen molar-refractivity contribution in [1.29, 1.82) is 5.26 Å². The number of carboxylic acid groups (broad SMARTS) is 4. The number of nitrogen functional groups attached to an aromatic ring is 2. The molecule has 5 aromatic heterocycles. The first kappa shape index (κ1) is 42.9. The van der Waals surface area contributed by atoms with E-state index in [0.29, 0.717) is 0 Å². The van der Waals surface area contributed by atoms with Gasteiger partial charge in [0.05, 0.1) is 63.0 Å². The first-order chi connectivity index (χ1) is 30.8. The summed E-state index contributed by atoms with van der Waals surface area (Å²) in [6, 6.07) is 7.56. The number of carbonyl (C=O) groups is 4. The van der Waals surface area contributed by atoms with Gasteiger partial charge in [-0.3, -0.25) is 0 Å². The van der Waals surface area contributed by atoms with Gasteiger partial charge in [0.2, 0.25) is 0 Å². The Kier molecular flexibility index (Phi) is 10.8. The number of anilines is 2. The number of aromatic nitrogens is 11. The smallest absolute Gasteiger partial charge is 0.335 e. The van der Waals surface area contributed by atoms with Crippen LogP contribution in [-0.2, 0) is 0 Å². The molecule has 9 N–H and O–H groups in total. The second kappa shape index (κ2) is 16.3. The fraction of sp³-hybridized carbons (Fsp3) is 0.108. The third-order valence-electron chi connectivity index (χ3n) is 9.17. The van der Waals surface area contributed by atoms with Gasteiger partial charge in [-0.15, -0.1) is 20.5 Å². The highest BCUT2D eigenvalue weighted by Crippen LogP contribution is 2.38. The number of nitrogens with zero attached hydrogens (tertiary/aromatic N) is 17. The van der Waals surface area contributed by atoms with Crippen molar-refractivity contribution in [3.63, 3.8) is 0 Å². The predicted molar refractivity (Wildman–Crippen MR) is 218 cm³/mol. The quantitative estimate of drug-likeness (QED) is 0.0642. The van der Waals surface area contributed by atoms with E-state index in [4.69, 9.17) is 18.0 Å². The molecule has 0 aliphatic carbocycles. The molecule has 324 valence electrons. The van der Waals surface area contributed by atoms with Gasteiger partial charge in [-0.1, -0.05) is 0 Å². The molecule has 0 radical (unpaired) electrons. The number of aromatic carboxylic acids is 4. The van der Waals surface area contributed by atoms with Gasteiger partial charge >= 0.3 is 29.9 Å². The number of benzene rings is 2. The molecule has 0 saturated heterocycles. The molecule has 2 aromatic carbocycles. The monoisotopic (exact) mass is 881 g/mol. The van der Waals surface area contributed by atoms with E-state index in [2.05, 4.69) is 60.6 Å². The van der Waals surface area contributed by atoms with Crippen molar-refractivity contribution in [2.75, 3.05) is 11.5 Å². The van der Waals surface area contributed by atoms with Crippen LogP contribution in [0.15, 0.2) is 56.9 Å². The summed E-state index contributed by atoms with van der Waals surface area (Å²) in [5.41, 5.74) is 11.5. The molecule has 28 heteroatoms. The Bertz CT molecular complexity index is 3080. The second-order valence-corrected chi connectivity index (χ2v) is 13.4. The van der Waals surface area contributed by atoms with Gasteiger partial charge in [0.1, 0.15) is 11.6 Å². The molecule has 0 aliphatic rings. The van der Waals surface area contributed by atoms with Crippen LogP contribution in [0, 0.1) is 45.6 Å². The third kappa shape index (κ3) is 7.81. The number of carboxylic acids is 4. The van der Waals surface area contributed by atoms with E-state index in [-0.39, 0.29) is 114 Å². The lowest BCUT2D eigenvalue weighted by Crippen LogP contribution is -2.13. The maximum atomic E-state index is 11.8. The van der Waals surface area contributed by atoms with Gasteiger partial charge in [-0.25, -0.2) is 33.4 Å². The normalized spacial score (nSPS) is 11.3. The van der Waals surface area contributed by atoms with Crippen LogP contribution in [0.1, 0.15) is 69.8 Å². The van der Waals surface area contributed by atoms with Crippen molar-refractivity contribution in [2.24, 2.45) is 20.5 Å². The zero-order chi connectivity index (χ0) is 47.2. The lowest BCUT2D eigenvalue weighted by Gasteiger charge is -2.08. The first-order valence-electron chi connectivity index (χ1n) is 18.0. The van der Waals surface area contributed by atoms with Crippen molar-refractivity contribution in [1.82, 2.24) is 54.1 Å². The van der Waals surface area contributed by atoms with Gasteiger partial charge in [-0.2, -0.15) is 50.0 Å². The zero-order valence-electron chi connectivity index (χ0n) is 33.6. The SMILES string of the molecule is [C-]#[N+]c1c(C)nn(-c2cc(C(=O)O)cc(C(=O)O)c2)c1N=Nc1c(C)nn(-c2nc(O)nc(-n3nc(C)c(N=Nc4c(C#N)c(C)nn4-c4cc(C(=O)O)cc(C(=O)O)c4)c3N)n2)c1N. The molecule has 0 saturated carbocycles. The lowest BCUT2D eigenvalue weighted by atomic mass is 10.1. The topological polar surface area (TPSA) is 409 Å². The van der Waals surface area contributed by atoms with Crippen LogP contribution in [0.25, 0.3) is 28.1 Å². The van der Waals surface area contributed by atoms with Crippen molar-refractivity contribution in [3.8, 4) is 35.4 Å². The highest BCUT2D eigenvalue weighted by atomic mass is 16.4. The van der Waals surface area contributed by atoms with E-state index in [1.165, 1.54) is 27.7 Å². The molecular weight excluding hydrogens is 855 g/mol. The van der Waals surface area contributed by atoms with E-state index in [1.807, 2.05) is 6.07 Å². The Morgan fingerprint density at radius 2 is 0.985 bits per heavy atom. The molecule has 7 aromatic rings. The minimum atomic E-state index is -1.42. The van der Waals surface area contributed by atoms with Crippen LogP contribution in [0.4, 0.5) is 40.3 Å². The van der Waals surface area contributed by atoms with Gasteiger partial charge in [0.25, 0.3) is 17.6 Å². The van der Waals surface area contributed by atoms with Crippen molar-refractivity contribution < 1.29 is 44.7 Å². The number of nitrogens with two attached hydrogens (primary N) is 2. The number of nitriles is 1. The molecule has 0 aliphatic heterocycles. The van der Waals surface area contributed by atoms with Crippen LogP contribution in [0.3, 0.4) is 0 Å². The summed E-state index contributed by atoms with van der Waals surface area (Å²) < 4.78 is 4.03. The summed E-state index contributed by atoms with van der Waals surface area (Å²) in [6.45, 7) is 13.7. The summed E-state index contributed by atoms with van der Waals surface area (Å²) in [5.74, 6) is -7.31. The molecule has 0 amide bonds. The Hall–Kier alpha value is -10.2. The Morgan fingerprint density at radius 1 is 0.600 bits per heavy atom. The minimum Gasteiger partial charge on any atom is -0.479 e. The highest BCUT2D eigenvalue weighted by Gasteiger charge is 2.25. The van der Waals surface area contributed by atoms with E-state index >= 15 is 0 Å². The molecular formula is C37H27N19O9. The lowest BCUT2D eigenvalue weighted by molar-refractivity contribution is 0.0676. The number of hydrogen-bond donors (Lipinski definition) is 7. The first-order valence-corrected chi connectivity index (χ1v) is 18.0. The molecule has 65 heavy (non-hydrogen) atoms. The summed E-state index contributed by atoms with van der Waals surface area (Å²) >= 11 is 0. The van der Waals surface area contributed by atoms with E-state index < -0.39 is 29.9 Å². The summed E-state index contributed by atoms with van der Waals surface area (Å²) in [6.07, 6.45) is 0.